The number of allylic oxidation sites excluding steroid dienone is 5. The van der Waals surface area contributed by atoms with Gasteiger partial charge in [-0.3, -0.25) is 0 Å². The zero-order chi connectivity index (χ0) is 13.7. The average molecular weight is 240 g/mol. The minimum Gasteiger partial charge on any atom is -0.0991 e. The first-order chi connectivity index (χ1) is 8.51. The number of rotatable bonds is 4. The molecule has 0 aliphatic carbocycles. The summed E-state index contributed by atoms with van der Waals surface area (Å²) in [6.45, 7) is 14.7. The van der Waals surface area contributed by atoms with E-state index in [1.54, 1.807) is 0 Å². The van der Waals surface area contributed by atoms with E-state index in [9.17, 15) is 0 Å². The van der Waals surface area contributed by atoms with Crippen molar-refractivity contribution in [2.45, 2.75) is 41.0 Å². The number of aryl methyl sites for hydroxylation is 2. The molecule has 0 saturated heterocycles. The van der Waals surface area contributed by atoms with Crippen LogP contribution in [0.5, 0.6) is 0 Å². The van der Waals surface area contributed by atoms with Gasteiger partial charge in [0.05, 0.1) is 0 Å². The van der Waals surface area contributed by atoms with Crippen LogP contribution in [0, 0.1) is 13.8 Å². The van der Waals surface area contributed by atoms with Crippen molar-refractivity contribution in [2.75, 3.05) is 0 Å². The highest BCUT2D eigenvalue weighted by atomic mass is 14.1. The van der Waals surface area contributed by atoms with E-state index in [-0.39, 0.29) is 0 Å². The van der Waals surface area contributed by atoms with Crippen LogP contribution < -0.4 is 0 Å². The van der Waals surface area contributed by atoms with Crippen molar-refractivity contribution in [3.8, 4) is 0 Å². The average Bonchev–Trinajstić information content (AvgIpc) is 2.33. The highest BCUT2D eigenvalue weighted by Crippen LogP contribution is 2.27. The third-order valence-electron chi connectivity index (χ3n) is 3.59. The van der Waals surface area contributed by atoms with E-state index in [0.717, 1.165) is 6.42 Å². The van der Waals surface area contributed by atoms with Gasteiger partial charge in [-0.1, -0.05) is 43.9 Å². The summed E-state index contributed by atoms with van der Waals surface area (Å²) in [4.78, 5) is 0. The molecule has 0 nitrogen and oxygen atoms in total. The van der Waals surface area contributed by atoms with Gasteiger partial charge in [0.25, 0.3) is 0 Å². The quantitative estimate of drug-likeness (QED) is 0.599. The van der Waals surface area contributed by atoms with Crippen molar-refractivity contribution in [1.29, 1.82) is 0 Å². The summed E-state index contributed by atoms with van der Waals surface area (Å²) in [7, 11) is 0. The molecule has 1 aromatic rings. The topological polar surface area (TPSA) is 0 Å². The summed E-state index contributed by atoms with van der Waals surface area (Å²) in [5.74, 6) is 0. The first-order valence-electron chi connectivity index (χ1n) is 6.58. The summed E-state index contributed by atoms with van der Waals surface area (Å²) >= 11 is 0. The van der Waals surface area contributed by atoms with Crippen LogP contribution in [-0.4, -0.2) is 0 Å². The molecule has 0 heteroatoms. The minimum atomic E-state index is 1.05. The largest absolute Gasteiger partial charge is 0.0991 e. The molecule has 1 aromatic carbocycles. The second-order valence-corrected chi connectivity index (χ2v) is 4.84. The fraction of sp³-hybridized carbons (Fsp3) is 0.333. The Bertz CT molecular complexity index is 499. The van der Waals surface area contributed by atoms with Gasteiger partial charge in [0.2, 0.25) is 0 Å². The zero-order valence-corrected chi connectivity index (χ0v) is 12.3. The van der Waals surface area contributed by atoms with E-state index < -0.39 is 0 Å². The van der Waals surface area contributed by atoms with Crippen molar-refractivity contribution in [3.05, 3.63) is 64.8 Å². The van der Waals surface area contributed by atoms with Crippen LogP contribution >= 0.6 is 0 Å². The maximum absolute atomic E-state index is 3.78. The highest BCUT2D eigenvalue weighted by molar-refractivity contribution is 5.71. The van der Waals surface area contributed by atoms with Gasteiger partial charge in [0, 0.05) is 0 Å². The van der Waals surface area contributed by atoms with Crippen LogP contribution in [0.3, 0.4) is 0 Å². The minimum absolute atomic E-state index is 1.05. The van der Waals surface area contributed by atoms with Crippen molar-refractivity contribution < 1.29 is 0 Å². The molecule has 18 heavy (non-hydrogen) atoms. The molecule has 0 amide bonds. The number of benzene rings is 1. The lowest BCUT2D eigenvalue weighted by molar-refractivity contribution is 1.10. The zero-order valence-electron chi connectivity index (χ0n) is 12.3. The smallest absolute Gasteiger partial charge is 0.0222 e. The monoisotopic (exact) mass is 240 g/mol. The van der Waals surface area contributed by atoms with Crippen molar-refractivity contribution >= 4 is 5.57 Å². The van der Waals surface area contributed by atoms with Gasteiger partial charge in [-0.05, 0) is 67.5 Å². The Morgan fingerprint density at radius 2 is 1.83 bits per heavy atom. The number of hydrogen-bond acceptors (Lipinski definition) is 0. The van der Waals surface area contributed by atoms with Gasteiger partial charge in [-0.25, -0.2) is 0 Å². The summed E-state index contributed by atoms with van der Waals surface area (Å²) in [5, 5.41) is 0. The SMILES string of the molecule is C=CC=C(C)C(CC)=C(C)c1ccc(C)c(C)c1. The van der Waals surface area contributed by atoms with E-state index in [1.165, 1.54) is 33.4 Å². The lowest BCUT2D eigenvalue weighted by Gasteiger charge is -2.13. The Balaban J connectivity index is 3.31. The third kappa shape index (κ3) is 3.22. The Labute approximate surface area is 112 Å². The molecule has 0 atom stereocenters. The molecule has 0 radical (unpaired) electrons. The second kappa shape index (κ2) is 6.39. The molecule has 0 aromatic heterocycles. The van der Waals surface area contributed by atoms with Gasteiger partial charge in [0.1, 0.15) is 0 Å². The first kappa shape index (κ1) is 14.5. The van der Waals surface area contributed by atoms with Crippen LogP contribution in [0.2, 0.25) is 0 Å². The van der Waals surface area contributed by atoms with Gasteiger partial charge in [0.15, 0.2) is 0 Å². The molecule has 0 saturated carbocycles. The van der Waals surface area contributed by atoms with Crippen LogP contribution in [0.4, 0.5) is 0 Å². The molecule has 0 aliphatic rings. The third-order valence-corrected chi connectivity index (χ3v) is 3.59. The first-order valence-corrected chi connectivity index (χ1v) is 6.58. The highest BCUT2D eigenvalue weighted by Gasteiger charge is 2.06. The van der Waals surface area contributed by atoms with Crippen LogP contribution in [-0.2, 0) is 0 Å². The Kier molecular flexibility index (Phi) is 5.15. The normalized spacial score (nSPS) is 13.3. The molecule has 0 aliphatic heterocycles. The molecule has 1 rings (SSSR count). The molecule has 0 unspecified atom stereocenters. The predicted molar refractivity (Wildman–Crippen MR) is 82.8 cm³/mol. The van der Waals surface area contributed by atoms with Gasteiger partial charge in [-0.15, -0.1) is 0 Å². The summed E-state index contributed by atoms with van der Waals surface area (Å²) in [6, 6.07) is 6.70. The van der Waals surface area contributed by atoms with Crippen molar-refractivity contribution in [2.24, 2.45) is 0 Å². The Morgan fingerprint density at radius 3 is 2.33 bits per heavy atom. The fourth-order valence-electron chi connectivity index (χ4n) is 2.27. The molecule has 0 bridgehead atoms. The Hall–Kier alpha value is -1.56. The van der Waals surface area contributed by atoms with Crippen LogP contribution in [0.15, 0.2) is 48.1 Å². The molecule has 0 fully saturated rings. The fourth-order valence-corrected chi connectivity index (χ4v) is 2.27. The van der Waals surface area contributed by atoms with Gasteiger partial charge < -0.3 is 0 Å². The van der Waals surface area contributed by atoms with Crippen LogP contribution in [0.25, 0.3) is 5.57 Å². The van der Waals surface area contributed by atoms with E-state index >= 15 is 0 Å². The van der Waals surface area contributed by atoms with Crippen molar-refractivity contribution in [3.63, 3.8) is 0 Å². The lowest BCUT2D eigenvalue weighted by atomic mass is 9.93. The maximum atomic E-state index is 3.78. The molecule has 96 valence electrons. The van der Waals surface area contributed by atoms with Crippen LogP contribution in [0.1, 0.15) is 43.9 Å². The lowest BCUT2D eigenvalue weighted by Crippen LogP contribution is -1.92. The van der Waals surface area contributed by atoms with E-state index in [4.69, 9.17) is 0 Å². The summed E-state index contributed by atoms with van der Waals surface area (Å²) in [6.07, 6.45) is 5.00. The standard InChI is InChI=1S/C18H24/c1-7-9-14(4)18(8-2)16(6)17-11-10-13(3)15(5)12-17/h7,9-12H,1,8H2,2-6H3. The van der Waals surface area contributed by atoms with Crippen molar-refractivity contribution in [1.82, 2.24) is 0 Å². The van der Waals surface area contributed by atoms with E-state index in [0.29, 0.717) is 0 Å². The molecule has 0 spiro atoms. The second-order valence-electron chi connectivity index (χ2n) is 4.84. The predicted octanol–water partition coefficient (Wildman–Crippen LogP) is 5.62. The summed E-state index contributed by atoms with van der Waals surface area (Å²) in [5.41, 5.74) is 8.12. The molecule has 0 N–H and O–H groups in total. The maximum Gasteiger partial charge on any atom is -0.0222 e. The number of hydrogen-bond donors (Lipinski definition) is 0. The summed E-state index contributed by atoms with van der Waals surface area (Å²) < 4.78 is 0. The van der Waals surface area contributed by atoms with Gasteiger partial charge in [-0.2, -0.15) is 0 Å². The van der Waals surface area contributed by atoms with E-state index in [1.807, 2.05) is 6.08 Å². The van der Waals surface area contributed by atoms with E-state index in [2.05, 4.69) is 65.5 Å². The molecular formula is C18H24. The Morgan fingerprint density at radius 1 is 1.17 bits per heavy atom. The van der Waals surface area contributed by atoms with Gasteiger partial charge >= 0.3 is 0 Å². The molecule has 0 heterocycles. The molecular weight excluding hydrogens is 216 g/mol.